The number of hydrogen-bond acceptors (Lipinski definition) is 2. The van der Waals surface area contributed by atoms with Gasteiger partial charge in [0.05, 0.1) is 57.2 Å². The number of aromatic nitrogens is 2. The second-order valence-corrected chi connectivity index (χ2v) is 11.4. The first-order valence-corrected chi connectivity index (χ1v) is 14.9. The minimum Gasteiger partial charge on any atom is -0.308 e. The first-order valence-electron chi connectivity index (χ1n) is 14.9. The van der Waals surface area contributed by atoms with E-state index in [9.17, 15) is 23.7 Å². The Morgan fingerprint density at radius 2 is 1.12 bits per heavy atom. The van der Waals surface area contributed by atoms with E-state index in [0.29, 0.717) is 33.7 Å². The van der Waals surface area contributed by atoms with Crippen LogP contribution in [0.25, 0.3) is 71.0 Å². The number of benzene rings is 6. The van der Waals surface area contributed by atoms with E-state index in [1.165, 1.54) is 12.1 Å². The smallest absolute Gasteiger partial charge is 0.308 e. The highest BCUT2D eigenvalue weighted by atomic mass is 19.4. The third-order valence-electron chi connectivity index (χ3n) is 8.82. The van der Waals surface area contributed by atoms with Crippen molar-refractivity contribution in [1.82, 2.24) is 9.13 Å². The first kappa shape index (κ1) is 28.6. The number of nitriles is 2. The molecule has 0 aliphatic heterocycles. The van der Waals surface area contributed by atoms with Crippen molar-refractivity contribution in [3.05, 3.63) is 149 Å². The molecule has 0 amide bonds. The number of hydrogen-bond donors (Lipinski definition) is 0. The summed E-state index contributed by atoms with van der Waals surface area (Å²) < 4.78 is 47.2. The van der Waals surface area contributed by atoms with Crippen LogP contribution in [0.3, 0.4) is 0 Å². The summed E-state index contributed by atoms with van der Waals surface area (Å²) in [5, 5.41) is 23.9. The van der Waals surface area contributed by atoms with Crippen LogP contribution in [-0.4, -0.2) is 9.13 Å². The quantitative estimate of drug-likeness (QED) is 0.183. The zero-order chi connectivity index (χ0) is 33.2. The Hall–Kier alpha value is -6.82. The molecule has 8 aromatic rings. The van der Waals surface area contributed by atoms with E-state index in [1.54, 1.807) is 48.5 Å². The number of rotatable bonds is 3. The van der Waals surface area contributed by atoms with E-state index in [4.69, 9.17) is 6.57 Å². The molecule has 0 atom stereocenters. The standard InChI is InChI=1S/C40H20F3N5/c1-46-26-15-17-37-31(21-26)29-10-4-7-13-35(29)48(37)39-20-25(27-8-2-5-11-33(27)40(41,42)43)19-38(32(39)23-45)47-34-12-6-3-9-28(34)30-18-24(22-44)14-16-36(30)47/h2-21H. The highest BCUT2D eigenvalue weighted by Gasteiger charge is 2.34. The van der Waals surface area contributed by atoms with Crippen molar-refractivity contribution in [2.75, 3.05) is 0 Å². The number of alkyl halides is 3. The molecule has 6 aromatic carbocycles. The van der Waals surface area contributed by atoms with Gasteiger partial charge in [0.2, 0.25) is 0 Å². The van der Waals surface area contributed by atoms with Crippen LogP contribution >= 0.6 is 0 Å². The van der Waals surface area contributed by atoms with Crippen LogP contribution in [0.2, 0.25) is 0 Å². The van der Waals surface area contributed by atoms with Crippen LogP contribution in [0.15, 0.2) is 121 Å². The molecular weight excluding hydrogens is 607 g/mol. The lowest BCUT2D eigenvalue weighted by atomic mass is 9.96. The van der Waals surface area contributed by atoms with E-state index < -0.39 is 11.7 Å². The summed E-state index contributed by atoms with van der Waals surface area (Å²) in [6, 6.07) is 39.0. The SMILES string of the molecule is [C-]#[N+]c1ccc2c(c1)c1ccccc1n2-c1cc(-c2ccccc2C(F)(F)F)cc(-n2c3ccccc3c3cc(C#N)ccc32)c1C#N. The second kappa shape index (κ2) is 10.6. The van der Waals surface area contributed by atoms with Gasteiger partial charge in [-0.05, 0) is 77.2 Å². The maximum atomic E-state index is 14.5. The number of halogens is 3. The van der Waals surface area contributed by atoms with Crippen molar-refractivity contribution in [2.24, 2.45) is 0 Å². The van der Waals surface area contributed by atoms with Gasteiger partial charge in [-0.2, -0.15) is 23.7 Å². The molecule has 0 bridgehead atoms. The van der Waals surface area contributed by atoms with Crippen molar-refractivity contribution < 1.29 is 13.2 Å². The molecule has 2 aromatic heterocycles. The van der Waals surface area contributed by atoms with E-state index in [1.807, 2.05) is 63.7 Å². The Labute approximate surface area is 272 Å². The fourth-order valence-corrected chi connectivity index (χ4v) is 6.81. The largest absolute Gasteiger partial charge is 0.417 e. The lowest BCUT2D eigenvalue weighted by Gasteiger charge is -2.20. The third-order valence-corrected chi connectivity index (χ3v) is 8.82. The first-order chi connectivity index (χ1) is 23.3. The Bertz CT molecular complexity index is 2610. The van der Waals surface area contributed by atoms with Crippen molar-refractivity contribution >= 4 is 49.3 Å². The Kier molecular flexibility index (Phi) is 6.34. The highest BCUT2D eigenvalue weighted by molar-refractivity contribution is 6.12. The summed E-state index contributed by atoms with van der Waals surface area (Å²) in [7, 11) is 0. The zero-order valence-electron chi connectivity index (χ0n) is 24.9. The molecule has 2 heterocycles. The summed E-state index contributed by atoms with van der Waals surface area (Å²) in [6.45, 7) is 7.58. The second-order valence-electron chi connectivity index (χ2n) is 11.4. The van der Waals surface area contributed by atoms with E-state index in [-0.39, 0.29) is 16.7 Å². The summed E-state index contributed by atoms with van der Waals surface area (Å²) in [4.78, 5) is 3.61. The summed E-state index contributed by atoms with van der Waals surface area (Å²) in [5.41, 5.74) is 4.25. The lowest BCUT2D eigenvalue weighted by molar-refractivity contribution is -0.137. The average Bonchev–Trinajstić information content (AvgIpc) is 3.62. The molecule has 48 heavy (non-hydrogen) atoms. The summed E-state index contributed by atoms with van der Waals surface area (Å²) in [5.74, 6) is 0. The Balaban J connectivity index is 1.58. The molecule has 5 nitrogen and oxygen atoms in total. The molecule has 8 rings (SSSR count). The zero-order valence-corrected chi connectivity index (χ0v) is 24.9. The summed E-state index contributed by atoms with van der Waals surface area (Å²) >= 11 is 0. The molecule has 226 valence electrons. The van der Waals surface area contributed by atoms with Gasteiger partial charge in [0.1, 0.15) is 11.6 Å². The third kappa shape index (κ3) is 4.23. The van der Waals surface area contributed by atoms with Gasteiger partial charge in [0.25, 0.3) is 0 Å². The molecular formula is C40H20F3N5. The molecule has 0 spiro atoms. The van der Waals surface area contributed by atoms with Crippen LogP contribution in [-0.2, 0) is 6.18 Å². The topological polar surface area (TPSA) is 61.8 Å². The molecule has 8 heteroatoms. The fourth-order valence-electron chi connectivity index (χ4n) is 6.81. The molecule has 0 aliphatic carbocycles. The van der Waals surface area contributed by atoms with E-state index in [0.717, 1.165) is 38.6 Å². The maximum Gasteiger partial charge on any atom is 0.417 e. The molecule has 0 saturated heterocycles. The predicted molar refractivity (Wildman–Crippen MR) is 181 cm³/mol. The minimum atomic E-state index is -4.63. The Morgan fingerprint density at radius 1 is 0.583 bits per heavy atom. The Morgan fingerprint density at radius 3 is 1.71 bits per heavy atom. The van der Waals surface area contributed by atoms with Gasteiger partial charge >= 0.3 is 6.18 Å². The van der Waals surface area contributed by atoms with Crippen LogP contribution in [0.1, 0.15) is 16.7 Å². The highest BCUT2D eigenvalue weighted by Crippen LogP contribution is 2.43. The molecule has 0 aliphatic rings. The number of para-hydroxylation sites is 2. The molecule has 0 fully saturated rings. The van der Waals surface area contributed by atoms with Crippen LogP contribution in [0.5, 0.6) is 0 Å². The van der Waals surface area contributed by atoms with Crippen molar-refractivity contribution in [3.8, 4) is 34.6 Å². The average molecular weight is 628 g/mol. The molecule has 0 unspecified atom stereocenters. The molecule has 0 N–H and O–H groups in total. The van der Waals surface area contributed by atoms with Gasteiger partial charge < -0.3 is 9.13 Å². The van der Waals surface area contributed by atoms with Gasteiger partial charge in [-0.25, -0.2) is 4.85 Å². The van der Waals surface area contributed by atoms with Crippen LogP contribution in [0.4, 0.5) is 18.9 Å². The van der Waals surface area contributed by atoms with Gasteiger partial charge in [-0.1, -0.05) is 60.7 Å². The van der Waals surface area contributed by atoms with Gasteiger partial charge in [-0.3, -0.25) is 0 Å². The predicted octanol–water partition coefficient (Wildman–Crippen LogP) is 10.9. The number of nitrogens with zero attached hydrogens (tertiary/aromatic N) is 5. The van der Waals surface area contributed by atoms with Crippen molar-refractivity contribution in [3.63, 3.8) is 0 Å². The van der Waals surface area contributed by atoms with Gasteiger partial charge in [0, 0.05) is 16.2 Å². The monoisotopic (exact) mass is 627 g/mol. The lowest BCUT2D eigenvalue weighted by Crippen LogP contribution is -2.09. The van der Waals surface area contributed by atoms with E-state index in [2.05, 4.69) is 17.0 Å². The van der Waals surface area contributed by atoms with Gasteiger partial charge in [-0.15, -0.1) is 0 Å². The fraction of sp³-hybridized carbons (Fsp3) is 0.0250. The van der Waals surface area contributed by atoms with Crippen LogP contribution < -0.4 is 0 Å². The molecule has 0 saturated carbocycles. The van der Waals surface area contributed by atoms with Gasteiger partial charge in [0.15, 0.2) is 5.69 Å². The van der Waals surface area contributed by atoms with Crippen molar-refractivity contribution in [1.29, 1.82) is 10.5 Å². The van der Waals surface area contributed by atoms with Crippen molar-refractivity contribution in [2.45, 2.75) is 6.18 Å². The minimum absolute atomic E-state index is 0.0272. The molecule has 0 radical (unpaired) electrons. The maximum absolute atomic E-state index is 14.5. The number of fused-ring (bicyclic) bond motifs is 6. The summed E-state index contributed by atoms with van der Waals surface area (Å²) in [6.07, 6.45) is -4.63. The van der Waals surface area contributed by atoms with E-state index >= 15 is 0 Å². The van der Waals surface area contributed by atoms with Crippen LogP contribution in [0, 0.1) is 29.2 Å². The normalized spacial score (nSPS) is 11.6.